The molecule has 1 heterocycles. The quantitative estimate of drug-likeness (QED) is 0.722. The average molecular weight is 188 g/mol. The largest absolute Gasteiger partial charge is 0.439 e. The van der Waals surface area contributed by atoms with Crippen molar-refractivity contribution >= 4 is 0 Å². The first-order valence-electron chi connectivity index (χ1n) is 4.11. The smallest absolute Gasteiger partial charge is 0.219 e. The average Bonchev–Trinajstić information content (AvgIpc) is 2.19. The van der Waals surface area contributed by atoms with Crippen LogP contribution in [0.4, 0.5) is 4.39 Å². The van der Waals surface area contributed by atoms with Crippen LogP contribution in [0.2, 0.25) is 0 Å². The van der Waals surface area contributed by atoms with Gasteiger partial charge in [0.1, 0.15) is 11.6 Å². The highest BCUT2D eigenvalue weighted by molar-refractivity contribution is 5.26. The van der Waals surface area contributed by atoms with Crippen LogP contribution in [0.1, 0.15) is 0 Å². The lowest BCUT2D eigenvalue weighted by molar-refractivity contribution is 0.458. The zero-order valence-corrected chi connectivity index (χ0v) is 7.27. The van der Waals surface area contributed by atoms with E-state index in [1.54, 1.807) is 30.3 Å². The van der Waals surface area contributed by atoms with Gasteiger partial charge in [0.15, 0.2) is 0 Å². The third-order valence-electron chi connectivity index (χ3n) is 1.60. The van der Waals surface area contributed by atoms with E-state index in [2.05, 4.69) is 11.2 Å². The number of hydrogen-bond acceptors (Lipinski definition) is 2. The van der Waals surface area contributed by atoms with Gasteiger partial charge in [-0.15, -0.1) is 0 Å². The molecule has 2 rings (SSSR count). The Labute approximate surface area is 81.0 Å². The lowest BCUT2D eigenvalue weighted by Crippen LogP contribution is -1.87. The summed E-state index contributed by atoms with van der Waals surface area (Å²) < 4.78 is 18.0. The maximum absolute atomic E-state index is 12.8. The van der Waals surface area contributed by atoms with Crippen molar-refractivity contribution in [2.75, 3.05) is 0 Å². The third-order valence-corrected chi connectivity index (χ3v) is 1.60. The first-order chi connectivity index (χ1) is 6.84. The summed E-state index contributed by atoms with van der Waals surface area (Å²) in [5, 5.41) is 0. The van der Waals surface area contributed by atoms with Crippen LogP contribution in [0, 0.1) is 12.0 Å². The summed E-state index contributed by atoms with van der Waals surface area (Å²) in [6, 6.07) is 11.0. The molecular formula is C11H7FNO. The summed E-state index contributed by atoms with van der Waals surface area (Å²) in [6.45, 7) is 0. The van der Waals surface area contributed by atoms with E-state index in [9.17, 15) is 4.39 Å². The molecule has 0 bridgehead atoms. The number of benzene rings is 1. The minimum Gasteiger partial charge on any atom is -0.439 e. The topological polar surface area (TPSA) is 22.1 Å². The van der Waals surface area contributed by atoms with E-state index in [1.807, 2.05) is 0 Å². The van der Waals surface area contributed by atoms with E-state index in [0.717, 1.165) is 0 Å². The second kappa shape index (κ2) is 3.87. The van der Waals surface area contributed by atoms with Crippen molar-refractivity contribution in [2.45, 2.75) is 0 Å². The molecule has 0 fully saturated rings. The number of ether oxygens (including phenoxy) is 1. The first-order valence-corrected chi connectivity index (χ1v) is 4.11. The van der Waals surface area contributed by atoms with Crippen molar-refractivity contribution in [3.63, 3.8) is 0 Å². The van der Waals surface area contributed by atoms with Gasteiger partial charge >= 0.3 is 0 Å². The third kappa shape index (κ3) is 2.07. The van der Waals surface area contributed by atoms with Crippen LogP contribution >= 0.6 is 0 Å². The van der Waals surface area contributed by atoms with Crippen molar-refractivity contribution in [1.82, 2.24) is 4.98 Å². The highest BCUT2D eigenvalue weighted by Crippen LogP contribution is 2.18. The normalized spacial score (nSPS) is 9.79. The van der Waals surface area contributed by atoms with Crippen LogP contribution in [0.25, 0.3) is 0 Å². The molecule has 0 aliphatic rings. The van der Waals surface area contributed by atoms with Crippen molar-refractivity contribution < 1.29 is 9.13 Å². The van der Waals surface area contributed by atoms with Crippen LogP contribution in [0.15, 0.2) is 42.5 Å². The van der Waals surface area contributed by atoms with Crippen LogP contribution in [0.3, 0.4) is 0 Å². The van der Waals surface area contributed by atoms with Crippen molar-refractivity contribution in [3.8, 4) is 11.6 Å². The molecule has 2 nitrogen and oxygen atoms in total. The predicted octanol–water partition coefficient (Wildman–Crippen LogP) is 2.81. The van der Waals surface area contributed by atoms with Gasteiger partial charge in [-0.05, 0) is 18.2 Å². The highest BCUT2D eigenvalue weighted by Gasteiger charge is 1.98. The zero-order chi connectivity index (χ0) is 9.80. The Morgan fingerprint density at radius 1 is 1.21 bits per heavy atom. The Morgan fingerprint density at radius 2 is 2.14 bits per heavy atom. The molecule has 14 heavy (non-hydrogen) atoms. The Balaban J connectivity index is 2.19. The molecular weight excluding hydrogens is 181 g/mol. The van der Waals surface area contributed by atoms with Gasteiger partial charge in [0.05, 0.1) is 6.20 Å². The standard InChI is InChI=1S/C11H7FNO/c12-9-4-3-5-10(8-9)14-11-6-1-2-7-13-11/h1-6,8H. The van der Waals surface area contributed by atoms with Crippen LogP contribution < -0.4 is 4.74 Å². The molecule has 1 aromatic carbocycles. The summed E-state index contributed by atoms with van der Waals surface area (Å²) in [6.07, 6.45) is 2.63. The summed E-state index contributed by atoms with van der Waals surface area (Å²) in [5.41, 5.74) is 0. The van der Waals surface area contributed by atoms with E-state index in [-0.39, 0.29) is 5.82 Å². The fourth-order valence-corrected chi connectivity index (χ4v) is 1.02. The summed E-state index contributed by atoms with van der Waals surface area (Å²) in [5.74, 6) is 0.498. The Hall–Kier alpha value is -1.90. The second-order valence-corrected chi connectivity index (χ2v) is 2.66. The molecule has 0 atom stereocenters. The van der Waals surface area contributed by atoms with Gasteiger partial charge in [-0.2, -0.15) is 0 Å². The highest BCUT2D eigenvalue weighted by atomic mass is 19.1. The minimum absolute atomic E-state index is 0.331. The Kier molecular flexibility index (Phi) is 2.40. The van der Waals surface area contributed by atoms with Gasteiger partial charge in [-0.3, -0.25) is 0 Å². The monoisotopic (exact) mass is 188 g/mol. The molecule has 0 N–H and O–H groups in total. The van der Waals surface area contributed by atoms with E-state index in [0.29, 0.717) is 11.6 Å². The molecule has 0 aliphatic carbocycles. The predicted molar refractivity (Wildman–Crippen MR) is 49.5 cm³/mol. The van der Waals surface area contributed by atoms with Gasteiger partial charge in [0, 0.05) is 12.1 Å². The van der Waals surface area contributed by atoms with Crippen LogP contribution in [-0.4, -0.2) is 4.98 Å². The van der Waals surface area contributed by atoms with Crippen molar-refractivity contribution in [2.24, 2.45) is 0 Å². The molecule has 69 valence electrons. The van der Waals surface area contributed by atoms with Crippen molar-refractivity contribution in [3.05, 3.63) is 54.5 Å². The molecule has 1 radical (unpaired) electrons. The molecule has 1 aromatic heterocycles. The van der Waals surface area contributed by atoms with E-state index < -0.39 is 0 Å². The lowest BCUT2D eigenvalue weighted by atomic mass is 10.3. The number of pyridine rings is 1. The lowest BCUT2D eigenvalue weighted by Gasteiger charge is -2.02. The Morgan fingerprint density at radius 3 is 2.86 bits per heavy atom. The maximum atomic E-state index is 12.8. The molecule has 3 heteroatoms. The number of hydrogen-bond donors (Lipinski definition) is 0. The van der Waals surface area contributed by atoms with E-state index >= 15 is 0 Å². The van der Waals surface area contributed by atoms with E-state index in [1.165, 1.54) is 12.1 Å². The zero-order valence-electron chi connectivity index (χ0n) is 7.27. The summed E-state index contributed by atoms with van der Waals surface area (Å²) in [4.78, 5) is 3.83. The van der Waals surface area contributed by atoms with Crippen LogP contribution in [-0.2, 0) is 0 Å². The molecule has 0 spiro atoms. The Bertz CT molecular complexity index is 417. The van der Waals surface area contributed by atoms with Gasteiger partial charge in [0.25, 0.3) is 0 Å². The number of aromatic nitrogens is 1. The molecule has 0 aliphatic heterocycles. The molecule has 0 saturated carbocycles. The molecule has 0 unspecified atom stereocenters. The fourth-order valence-electron chi connectivity index (χ4n) is 1.02. The number of halogens is 1. The van der Waals surface area contributed by atoms with Gasteiger partial charge in [-0.1, -0.05) is 12.1 Å². The number of rotatable bonds is 2. The summed E-state index contributed by atoms with van der Waals surface area (Å²) >= 11 is 0. The number of nitrogens with zero attached hydrogens (tertiary/aromatic N) is 1. The molecule has 0 amide bonds. The van der Waals surface area contributed by atoms with Gasteiger partial charge in [0.2, 0.25) is 5.88 Å². The van der Waals surface area contributed by atoms with E-state index in [4.69, 9.17) is 4.74 Å². The first kappa shape index (κ1) is 8.69. The van der Waals surface area contributed by atoms with Crippen LogP contribution in [0.5, 0.6) is 11.6 Å². The van der Waals surface area contributed by atoms with Gasteiger partial charge in [-0.25, -0.2) is 9.37 Å². The van der Waals surface area contributed by atoms with Gasteiger partial charge < -0.3 is 4.74 Å². The SMILES string of the molecule is Fc1cccc(Oc2ccc[c]n2)c1. The molecule has 2 aromatic rings. The maximum Gasteiger partial charge on any atom is 0.219 e. The molecule has 0 saturated heterocycles. The minimum atomic E-state index is -0.331. The van der Waals surface area contributed by atoms with Crippen molar-refractivity contribution in [1.29, 1.82) is 0 Å². The second-order valence-electron chi connectivity index (χ2n) is 2.66. The summed E-state index contributed by atoms with van der Waals surface area (Å²) in [7, 11) is 0. The fraction of sp³-hybridized carbons (Fsp3) is 0.